The summed E-state index contributed by atoms with van der Waals surface area (Å²) in [6, 6.07) is 6.77. The fraction of sp³-hybridized carbons (Fsp3) is 0.682. The summed E-state index contributed by atoms with van der Waals surface area (Å²) in [6.45, 7) is 0. The molecule has 0 heterocycles. The van der Waals surface area contributed by atoms with Crippen molar-refractivity contribution >= 4 is 40.9 Å². The van der Waals surface area contributed by atoms with Crippen LogP contribution in [0.25, 0.3) is 0 Å². The van der Waals surface area contributed by atoms with Gasteiger partial charge in [-0.25, -0.2) is 0 Å². The molecule has 1 amide bonds. The Hall–Kier alpha value is -0.380. The van der Waals surface area contributed by atoms with Gasteiger partial charge < -0.3 is 4.90 Å². The maximum absolute atomic E-state index is 13.1. The first-order chi connectivity index (χ1) is 13.1. The van der Waals surface area contributed by atoms with E-state index in [1.54, 1.807) is 0 Å². The molecular formula is C22H31Cl2NOS. The fourth-order valence-corrected chi connectivity index (χ4v) is 5.73. The smallest absolute Gasteiger partial charge is 0.223 e. The molecule has 2 nitrogen and oxygen atoms in total. The van der Waals surface area contributed by atoms with Crippen LogP contribution in [-0.2, 0) is 10.5 Å². The van der Waals surface area contributed by atoms with Crippen molar-refractivity contribution in [3.63, 3.8) is 0 Å². The molecule has 150 valence electrons. The van der Waals surface area contributed by atoms with Crippen molar-refractivity contribution in [2.45, 2.75) is 88.5 Å². The third-order valence-corrected chi connectivity index (χ3v) is 7.71. The minimum absolute atomic E-state index is 0.385. The van der Waals surface area contributed by atoms with Gasteiger partial charge in [0.2, 0.25) is 5.91 Å². The molecule has 2 saturated carbocycles. The minimum Gasteiger partial charge on any atom is -0.337 e. The molecule has 3 rings (SSSR count). The highest BCUT2D eigenvalue weighted by Crippen LogP contribution is 2.31. The quantitative estimate of drug-likeness (QED) is 0.431. The van der Waals surface area contributed by atoms with Crippen molar-refractivity contribution in [3.8, 4) is 0 Å². The van der Waals surface area contributed by atoms with E-state index < -0.39 is 0 Å². The van der Waals surface area contributed by atoms with Crippen LogP contribution in [0.1, 0.15) is 76.2 Å². The Kier molecular flexibility index (Phi) is 8.67. The van der Waals surface area contributed by atoms with E-state index in [4.69, 9.17) is 23.2 Å². The fourth-order valence-electron chi connectivity index (χ4n) is 4.53. The van der Waals surface area contributed by atoms with Crippen molar-refractivity contribution in [2.24, 2.45) is 0 Å². The summed E-state index contributed by atoms with van der Waals surface area (Å²) in [5, 5.41) is 1.20. The molecule has 0 N–H and O–H groups in total. The van der Waals surface area contributed by atoms with Crippen molar-refractivity contribution in [1.82, 2.24) is 4.90 Å². The molecule has 0 unspecified atom stereocenters. The van der Waals surface area contributed by atoms with E-state index in [2.05, 4.69) is 4.90 Å². The summed E-state index contributed by atoms with van der Waals surface area (Å²) >= 11 is 13.9. The van der Waals surface area contributed by atoms with E-state index in [1.165, 1.54) is 69.8 Å². The number of nitrogens with zero attached hydrogens (tertiary/aromatic N) is 1. The first kappa shape index (κ1) is 21.3. The van der Waals surface area contributed by atoms with E-state index in [-0.39, 0.29) is 0 Å². The number of amides is 1. The standard InChI is InChI=1S/C22H31Cl2NOS/c23-20-12-11-17(15-21(20)24)16-27-14-13-22(26)25(18-7-3-1-4-8-18)19-9-5-2-6-10-19/h11-12,15,18-19H,1-10,13-14,16H2. The second-order valence-electron chi connectivity index (χ2n) is 7.94. The topological polar surface area (TPSA) is 20.3 Å². The zero-order valence-electron chi connectivity index (χ0n) is 16.1. The Morgan fingerprint density at radius 2 is 1.52 bits per heavy atom. The maximum Gasteiger partial charge on any atom is 0.223 e. The number of rotatable bonds is 7. The molecule has 0 radical (unpaired) electrons. The monoisotopic (exact) mass is 427 g/mol. The lowest BCUT2D eigenvalue weighted by Crippen LogP contribution is -2.48. The molecule has 0 aliphatic heterocycles. The number of benzene rings is 1. The summed E-state index contributed by atoms with van der Waals surface area (Å²) in [5.41, 5.74) is 1.17. The van der Waals surface area contributed by atoms with Crippen LogP contribution in [-0.4, -0.2) is 28.6 Å². The van der Waals surface area contributed by atoms with Gasteiger partial charge in [-0.3, -0.25) is 4.79 Å². The van der Waals surface area contributed by atoms with Gasteiger partial charge in [0.15, 0.2) is 0 Å². The van der Waals surface area contributed by atoms with Crippen molar-refractivity contribution in [1.29, 1.82) is 0 Å². The predicted molar refractivity (Wildman–Crippen MR) is 118 cm³/mol. The van der Waals surface area contributed by atoms with Crippen LogP contribution >= 0.6 is 35.0 Å². The van der Waals surface area contributed by atoms with Gasteiger partial charge in [-0.05, 0) is 43.4 Å². The van der Waals surface area contributed by atoms with Gasteiger partial charge in [0.1, 0.15) is 0 Å². The summed E-state index contributed by atoms with van der Waals surface area (Å²) in [7, 11) is 0. The Balaban J connectivity index is 1.51. The third kappa shape index (κ3) is 6.30. The van der Waals surface area contributed by atoms with Crippen LogP contribution in [0.15, 0.2) is 18.2 Å². The Bertz CT molecular complexity index is 594. The second-order valence-corrected chi connectivity index (χ2v) is 9.86. The molecule has 0 saturated heterocycles. The molecule has 2 aliphatic carbocycles. The average Bonchev–Trinajstić information content (AvgIpc) is 2.70. The van der Waals surface area contributed by atoms with Crippen molar-refractivity contribution in [3.05, 3.63) is 33.8 Å². The molecular weight excluding hydrogens is 397 g/mol. The van der Waals surface area contributed by atoms with Gasteiger partial charge in [-0.1, -0.05) is 67.8 Å². The summed E-state index contributed by atoms with van der Waals surface area (Å²) < 4.78 is 0. The molecule has 2 fully saturated rings. The summed E-state index contributed by atoms with van der Waals surface area (Å²) in [6.07, 6.45) is 13.3. The zero-order chi connectivity index (χ0) is 19.1. The van der Waals surface area contributed by atoms with Crippen LogP contribution in [0.4, 0.5) is 0 Å². The van der Waals surface area contributed by atoms with Gasteiger partial charge in [-0.15, -0.1) is 0 Å². The lowest BCUT2D eigenvalue weighted by molar-refractivity contribution is -0.137. The van der Waals surface area contributed by atoms with Crippen LogP contribution < -0.4 is 0 Å². The minimum atomic E-state index is 0.385. The van der Waals surface area contributed by atoms with Gasteiger partial charge in [0.05, 0.1) is 10.0 Å². The Labute approximate surface area is 178 Å². The highest BCUT2D eigenvalue weighted by atomic mass is 35.5. The van der Waals surface area contributed by atoms with Gasteiger partial charge in [0.25, 0.3) is 0 Å². The number of carbonyl (C=O) groups is 1. The number of thioether (sulfide) groups is 1. The van der Waals surface area contributed by atoms with E-state index in [1.807, 2.05) is 30.0 Å². The van der Waals surface area contributed by atoms with Crippen LogP contribution in [0.3, 0.4) is 0 Å². The largest absolute Gasteiger partial charge is 0.337 e. The lowest BCUT2D eigenvalue weighted by atomic mass is 9.88. The molecule has 0 spiro atoms. The van der Waals surface area contributed by atoms with Gasteiger partial charge in [0, 0.05) is 30.0 Å². The van der Waals surface area contributed by atoms with Crippen molar-refractivity contribution in [2.75, 3.05) is 5.75 Å². The van der Waals surface area contributed by atoms with E-state index >= 15 is 0 Å². The third-order valence-electron chi connectivity index (χ3n) is 5.94. The number of hydrogen-bond donors (Lipinski definition) is 0. The average molecular weight is 428 g/mol. The molecule has 0 aromatic heterocycles. The Morgan fingerprint density at radius 3 is 2.07 bits per heavy atom. The molecule has 1 aromatic rings. The number of carbonyl (C=O) groups excluding carboxylic acids is 1. The molecule has 0 bridgehead atoms. The Morgan fingerprint density at radius 1 is 0.926 bits per heavy atom. The first-order valence-electron chi connectivity index (χ1n) is 10.5. The van der Waals surface area contributed by atoms with Gasteiger partial charge in [-0.2, -0.15) is 11.8 Å². The van der Waals surface area contributed by atoms with Crippen molar-refractivity contribution < 1.29 is 4.79 Å². The number of halogens is 2. The summed E-state index contributed by atoms with van der Waals surface area (Å²) in [5.74, 6) is 2.13. The second kappa shape index (κ2) is 11.0. The molecule has 27 heavy (non-hydrogen) atoms. The highest BCUT2D eigenvalue weighted by molar-refractivity contribution is 7.98. The molecule has 2 aliphatic rings. The molecule has 0 atom stereocenters. The normalized spacial score (nSPS) is 19.2. The highest BCUT2D eigenvalue weighted by Gasteiger charge is 2.31. The van der Waals surface area contributed by atoms with E-state index in [0.717, 1.165) is 11.5 Å². The van der Waals surface area contributed by atoms with E-state index in [0.29, 0.717) is 34.5 Å². The van der Waals surface area contributed by atoms with Gasteiger partial charge >= 0.3 is 0 Å². The maximum atomic E-state index is 13.1. The first-order valence-corrected chi connectivity index (χ1v) is 12.4. The van der Waals surface area contributed by atoms with E-state index in [9.17, 15) is 4.79 Å². The zero-order valence-corrected chi connectivity index (χ0v) is 18.4. The van der Waals surface area contributed by atoms with Crippen LogP contribution in [0, 0.1) is 0 Å². The van der Waals surface area contributed by atoms with Crippen LogP contribution in [0.5, 0.6) is 0 Å². The number of hydrogen-bond acceptors (Lipinski definition) is 2. The van der Waals surface area contributed by atoms with Crippen LogP contribution in [0.2, 0.25) is 10.0 Å². The SMILES string of the molecule is O=C(CCSCc1ccc(Cl)c(Cl)c1)N(C1CCCCC1)C1CCCCC1. The lowest BCUT2D eigenvalue weighted by Gasteiger charge is -2.42. The predicted octanol–water partition coefficient (Wildman–Crippen LogP) is 7.11. The summed E-state index contributed by atoms with van der Waals surface area (Å²) in [4.78, 5) is 15.5. The molecule has 1 aromatic carbocycles. The molecule has 5 heteroatoms.